The molecule has 2 heterocycles. The van der Waals surface area contributed by atoms with Crippen LogP contribution < -0.4 is 11.0 Å². The first kappa shape index (κ1) is 19.9. The first-order valence-electron chi connectivity index (χ1n) is 8.82. The molecule has 4 nitrogen and oxygen atoms in total. The lowest BCUT2D eigenvalue weighted by atomic mass is 10.1. The molecule has 2 N–H and O–H groups in total. The summed E-state index contributed by atoms with van der Waals surface area (Å²) in [5.74, 6) is 0.0414. The fourth-order valence-corrected chi connectivity index (χ4v) is 6.79. The zero-order valence-corrected chi connectivity index (χ0v) is 18.0. The van der Waals surface area contributed by atoms with E-state index in [9.17, 15) is 8.60 Å². The maximum Gasteiger partial charge on any atom is 0.128 e. The first-order chi connectivity index (χ1) is 14.0. The van der Waals surface area contributed by atoms with E-state index in [2.05, 4.69) is 20.3 Å². The van der Waals surface area contributed by atoms with Gasteiger partial charge in [-0.3, -0.25) is 9.20 Å². The summed E-state index contributed by atoms with van der Waals surface area (Å²) in [6.07, 6.45) is 0. The predicted octanol–water partition coefficient (Wildman–Crippen LogP) is 3.83. The molecule has 1 aromatic heterocycles. The van der Waals surface area contributed by atoms with Crippen LogP contribution in [0.5, 0.6) is 0 Å². The summed E-state index contributed by atoms with van der Waals surface area (Å²) in [6, 6.07) is 17.5. The van der Waals surface area contributed by atoms with Crippen molar-refractivity contribution in [1.82, 2.24) is 0 Å². The summed E-state index contributed by atoms with van der Waals surface area (Å²) in [7, 11) is 1.30. The van der Waals surface area contributed by atoms with Gasteiger partial charge in [0.15, 0.2) is 0 Å². The third kappa shape index (κ3) is 3.89. The van der Waals surface area contributed by atoms with Crippen LogP contribution >= 0.6 is 20.6 Å². The number of halogens is 1. The van der Waals surface area contributed by atoms with Crippen molar-refractivity contribution in [3.8, 4) is 16.5 Å². The summed E-state index contributed by atoms with van der Waals surface area (Å²) in [5, 5.41) is 9.35. The van der Waals surface area contributed by atoms with E-state index < -0.39 is 21.9 Å². The van der Waals surface area contributed by atoms with E-state index >= 15 is 0 Å². The highest BCUT2D eigenvalue weighted by Crippen LogP contribution is 2.37. The summed E-state index contributed by atoms with van der Waals surface area (Å²) in [4.78, 5) is 6.54. The fourth-order valence-electron chi connectivity index (χ4n) is 3.36. The largest absolute Gasteiger partial charge is 0.386 e. The standard InChI is InChI=1S/C21H17FN3OPS2/c22-15-7-2-1-6-14(15)20-21(24)25-16(11-29(20)26)19-17(27)9-18(28-19)13-5-3-4-12(8-13)10-23/h1-9,16,20H,11,27H2,(H2,24,25). The average Bonchev–Trinajstić information content (AvgIpc) is 3.10. The van der Waals surface area contributed by atoms with Crippen molar-refractivity contribution in [1.29, 1.82) is 5.26 Å². The van der Waals surface area contributed by atoms with Crippen LogP contribution in [0, 0.1) is 17.1 Å². The second-order valence-electron chi connectivity index (χ2n) is 6.64. The monoisotopic (exact) mass is 441 g/mol. The Morgan fingerprint density at radius 1 is 1.24 bits per heavy atom. The highest BCUT2D eigenvalue weighted by molar-refractivity contribution is 7.86. The van der Waals surface area contributed by atoms with Gasteiger partial charge in [-0.2, -0.15) is 5.26 Å². The summed E-state index contributed by atoms with van der Waals surface area (Å²) in [5.41, 5.74) is 8.01. The van der Waals surface area contributed by atoms with Crippen molar-refractivity contribution in [2.75, 3.05) is 5.75 Å². The Labute approximate surface area is 177 Å². The SMILES string of the molecule is N#Cc1cccc(-c2cc(P)c(C3CS(=O)C(c4ccccc4F)C(N)=N3)s2)c1. The van der Waals surface area contributed by atoms with Crippen LogP contribution in [-0.4, -0.2) is 15.8 Å². The quantitative estimate of drug-likeness (QED) is 0.628. The number of amidine groups is 1. The molecule has 0 fully saturated rings. The summed E-state index contributed by atoms with van der Waals surface area (Å²) >= 11 is 1.54. The van der Waals surface area contributed by atoms with E-state index in [1.54, 1.807) is 35.6 Å². The Kier molecular flexibility index (Phi) is 5.60. The van der Waals surface area contributed by atoms with Crippen LogP contribution in [0.3, 0.4) is 0 Å². The van der Waals surface area contributed by atoms with Crippen LogP contribution in [0.15, 0.2) is 59.6 Å². The zero-order valence-electron chi connectivity index (χ0n) is 15.2. The van der Waals surface area contributed by atoms with E-state index in [1.165, 1.54) is 6.07 Å². The van der Waals surface area contributed by atoms with Crippen LogP contribution in [0.2, 0.25) is 0 Å². The molecule has 0 radical (unpaired) electrons. The highest BCUT2D eigenvalue weighted by Gasteiger charge is 2.34. The van der Waals surface area contributed by atoms with Gasteiger partial charge in [0.05, 0.1) is 23.4 Å². The number of benzene rings is 2. The van der Waals surface area contributed by atoms with Crippen LogP contribution in [0.1, 0.15) is 27.3 Å². The molecular formula is C21H17FN3OPS2. The fraction of sp³-hybridized carbons (Fsp3) is 0.143. The van der Waals surface area contributed by atoms with E-state index in [4.69, 9.17) is 11.0 Å². The summed E-state index contributed by atoms with van der Waals surface area (Å²) < 4.78 is 27.1. The topological polar surface area (TPSA) is 79.2 Å². The summed E-state index contributed by atoms with van der Waals surface area (Å²) in [6.45, 7) is 0. The minimum absolute atomic E-state index is 0.190. The average molecular weight is 441 g/mol. The van der Waals surface area contributed by atoms with Gasteiger partial charge in [0.1, 0.15) is 16.9 Å². The third-order valence-corrected chi connectivity index (χ3v) is 8.37. The van der Waals surface area contributed by atoms with Crippen molar-refractivity contribution in [3.05, 3.63) is 76.4 Å². The molecule has 0 bridgehead atoms. The molecule has 29 heavy (non-hydrogen) atoms. The molecule has 1 aliphatic rings. The zero-order chi connectivity index (χ0) is 20.5. The number of nitrogens with zero attached hydrogens (tertiary/aromatic N) is 2. The molecule has 3 aromatic rings. The number of nitriles is 1. The van der Waals surface area contributed by atoms with E-state index in [-0.39, 0.29) is 17.6 Å². The Morgan fingerprint density at radius 3 is 2.76 bits per heavy atom. The smallest absolute Gasteiger partial charge is 0.128 e. The van der Waals surface area contributed by atoms with Crippen molar-refractivity contribution in [2.24, 2.45) is 10.7 Å². The molecular weight excluding hydrogens is 424 g/mol. The lowest BCUT2D eigenvalue weighted by molar-refractivity contribution is 0.610. The van der Waals surface area contributed by atoms with Gasteiger partial charge in [-0.1, -0.05) is 30.3 Å². The Morgan fingerprint density at radius 2 is 2.03 bits per heavy atom. The van der Waals surface area contributed by atoms with Crippen LogP contribution in [0.4, 0.5) is 4.39 Å². The van der Waals surface area contributed by atoms with Gasteiger partial charge < -0.3 is 5.73 Å². The number of hydrogen-bond acceptors (Lipinski definition) is 5. The molecule has 4 unspecified atom stereocenters. The lowest BCUT2D eigenvalue weighted by Gasteiger charge is -2.25. The molecule has 4 atom stereocenters. The van der Waals surface area contributed by atoms with Gasteiger partial charge in [-0.15, -0.1) is 20.6 Å². The Bertz CT molecular complexity index is 1180. The normalized spacial score (nSPS) is 21.4. The molecule has 0 saturated heterocycles. The second kappa shape index (κ2) is 8.16. The number of aliphatic imine (C=N–C) groups is 1. The second-order valence-corrected chi connectivity index (χ2v) is 9.91. The molecule has 8 heteroatoms. The minimum Gasteiger partial charge on any atom is -0.386 e. The maximum atomic E-state index is 14.2. The van der Waals surface area contributed by atoms with E-state index in [0.717, 1.165) is 20.6 Å². The maximum absolute atomic E-state index is 14.2. The van der Waals surface area contributed by atoms with Crippen LogP contribution in [-0.2, 0) is 10.8 Å². The number of rotatable bonds is 3. The lowest BCUT2D eigenvalue weighted by Crippen LogP contribution is -2.34. The number of hydrogen-bond donors (Lipinski definition) is 1. The molecule has 1 aliphatic heterocycles. The van der Waals surface area contributed by atoms with Crippen LogP contribution in [0.25, 0.3) is 10.4 Å². The van der Waals surface area contributed by atoms with Gasteiger partial charge in [-0.25, -0.2) is 4.39 Å². The van der Waals surface area contributed by atoms with Gasteiger partial charge in [-0.05, 0) is 35.1 Å². The molecule has 146 valence electrons. The number of nitrogens with two attached hydrogens (primary N) is 1. The Hall–Kier alpha value is -2.39. The molecule has 0 amide bonds. The molecule has 0 spiro atoms. The van der Waals surface area contributed by atoms with Gasteiger partial charge in [0.2, 0.25) is 0 Å². The molecule has 4 rings (SSSR count). The molecule has 0 aliphatic carbocycles. The van der Waals surface area contributed by atoms with E-state index in [0.29, 0.717) is 11.1 Å². The van der Waals surface area contributed by atoms with Crippen molar-refractivity contribution < 1.29 is 8.60 Å². The highest BCUT2D eigenvalue weighted by atomic mass is 32.2. The predicted molar refractivity (Wildman–Crippen MR) is 120 cm³/mol. The van der Waals surface area contributed by atoms with E-state index in [1.807, 2.05) is 24.3 Å². The van der Waals surface area contributed by atoms with Gasteiger partial charge >= 0.3 is 0 Å². The number of thiophene rings is 1. The van der Waals surface area contributed by atoms with Crippen molar-refractivity contribution in [3.63, 3.8) is 0 Å². The third-order valence-electron chi connectivity index (χ3n) is 4.72. The Balaban J connectivity index is 1.68. The van der Waals surface area contributed by atoms with Gasteiger partial charge in [0, 0.05) is 26.1 Å². The first-order valence-corrected chi connectivity index (χ1v) is 11.6. The molecule has 0 saturated carbocycles. The molecule has 2 aromatic carbocycles. The van der Waals surface area contributed by atoms with Gasteiger partial charge in [0.25, 0.3) is 0 Å². The van der Waals surface area contributed by atoms with Crippen molar-refractivity contribution >= 4 is 42.5 Å². The minimum atomic E-state index is -1.39. The van der Waals surface area contributed by atoms with Crippen molar-refractivity contribution in [2.45, 2.75) is 11.3 Å².